The molecule has 1 aromatic carbocycles. The topological polar surface area (TPSA) is 12.0 Å². The van der Waals surface area contributed by atoms with Crippen LogP contribution in [0.4, 0.5) is 4.39 Å². The van der Waals surface area contributed by atoms with Crippen LogP contribution in [-0.4, -0.2) is 12.6 Å². The number of benzene rings is 1. The average Bonchev–Trinajstić information content (AvgIpc) is 2.98. The SMILES string of the molecule is CC(C)(CNC1CC1)c1cccc(F)c1. The van der Waals surface area contributed by atoms with Gasteiger partial charge in [0.05, 0.1) is 0 Å². The van der Waals surface area contributed by atoms with Crippen LogP contribution in [0.3, 0.4) is 0 Å². The summed E-state index contributed by atoms with van der Waals surface area (Å²) in [5, 5.41) is 3.49. The molecule has 0 amide bonds. The van der Waals surface area contributed by atoms with E-state index < -0.39 is 0 Å². The summed E-state index contributed by atoms with van der Waals surface area (Å²) in [5.74, 6) is -0.146. The molecule has 0 atom stereocenters. The fourth-order valence-electron chi connectivity index (χ4n) is 1.70. The molecule has 1 saturated carbocycles. The van der Waals surface area contributed by atoms with Crippen molar-refractivity contribution in [2.24, 2.45) is 0 Å². The maximum atomic E-state index is 13.1. The van der Waals surface area contributed by atoms with Gasteiger partial charge in [0.2, 0.25) is 0 Å². The van der Waals surface area contributed by atoms with Crippen molar-refractivity contribution in [1.29, 1.82) is 0 Å². The van der Waals surface area contributed by atoms with Gasteiger partial charge in [-0.05, 0) is 30.5 Å². The Kier molecular flexibility index (Phi) is 2.79. The summed E-state index contributed by atoms with van der Waals surface area (Å²) in [6.07, 6.45) is 2.58. The van der Waals surface area contributed by atoms with Crippen LogP contribution in [0.15, 0.2) is 24.3 Å². The van der Waals surface area contributed by atoms with Crippen molar-refractivity contribution >= 4 is 0 Å². The molecule has 15 heavy (non-hydrogen) atoms. The number of halogens is 1. The molecule has 1 aliphatic rings. The van der Waals surface area contributed by atoms with Gasteiger partial charge in [0.1, 0.15) is 5.82 Å². The Hall–Kier alpha value is -0.890. The molecule has 0 radical (unpaired) electrons. The third-order valence-corrected chi connectivity index (χ3v) is 3.02. The Morgan fingerprint density at radius 1 is 1.40 bits per heavy atom. The van der Waals surface area contributed by atoms with E-state index >= 15 is 0 Å². The molecule has 1 nitrogen and oxygen atoms in total. The molecular formula is C13H18FN. The zero-order chi connectivity index (χ0) is 10.9. The monoisotopic (exact) mass is 207 g/mol. The van der Waals surface area contributed by atoms with Gasteiger partial charge in [-0.15, -0.1) is 0 Å². The molecule has 0 heterocycles. The minimum absolute atomic E-state index is 0.00465. The van der Waals surface area contributed by atoms with E-state index in [0.29, 0.717) is 6.04 Å². The van der Waals surface area contributed by atoms with E-state index in [1.165, 1.54) is 18.9 Å². The predicted molar refractivity (Wildman–Crippen MR) is 60.5 cm³/mol. The highest BCUT2D eigenvalue weighted by molar-refractivity contribution is 5.25. The maximum absolute atomic E-state index is 13.1. The van der Waals surface area contributed by atoms with Crippen molar-refractivity contribution < 1.29 is 4.39 Å². The van der Waals surface area contributed by atoms with Crippen LogP contribution in [0, 0.1) is 5.82 Å². The van der Waals surface area contributed by atoms with Gasteiger partial charge in [0.25, 0.3) is 0 Å². The second-order valence-corrected chi connectivity index (χ2v) is 5.05. The van der Waals surface area contributed by atoms with Crippen molar-refractivity contribution in [1.82, 2.24) is 5.32 Å². The van der Waals surface area contributed by atoms with E-state index in [-0.39, 0.29) is 11.2 Å². The second kappa shape index (κ2) is 3.93. The lowest BCUT2D eigenvalue weighted by Gasteiger charge is -2.25. The normalized spacial score (nSPS) is 16.7. The van der Waals surface area contributed by atoms with E-state index in [0.717, 1.165) is 12.1 Å². The van der Waals surface area contributed by atoms with Crippen molar-refractivity contribution in [3.05, 3.63) is 35.6 Å². The fraction of sp³-hybridized carbons (Fsp3) is 0.538. The van der Waals surface area contributed by atoms with Crippen LogP contribution in [-0.2, 0) is 5.41 Å². The van der Waals surface area contributed by atoms with E-state index in [2.05, 4.69) is 19.2 Å². The molecule has 0 saturated heterocycles. The second-order valence-electron chi connectivity index (χ2n) is 5.05. The minimum atomic E-state index is -0.146. The van der Waals surface area contributed by atoms with E-state index in [4.69, 9.17) is 0 Å². The predicted octanol–water partition coefficient (Wildman–Crippen LogP) is 2.86. The first-order chi connectivity index (χ1) is 7.08. The zero-order valence-corrected chi connectivity index (χ0v) is 9.39. The van der Waals surface area contributed by atoms with Gasteiger partial charge in [-0.25, -0.2) is 4.39 Å². The third kappa shape index (κ3) is 2.78. The minimum Gasteiger partial charge on any atom is -0.313 e. The molecule has 0 spiro atoms. The van der Waals surface area contributed by atoms with Crippen molar-refractivity contribution in [3.8, 4) is 0 Å². The highest BCUT2D eigenvalue weighted by Gasteiger charge is 2.26. The van der Waals surface area contributed by atoms with Gasteiger partial charge in [-0.2, -0.15) is 0 Å². The first-order valence-corrected chi connectivity index (χ1v) is 5.57. The number of hydrogen-bond donors (Lipinski definition) is 1. The molecule has 1 N–H and O–H groups in total. The molecule has 0 unspecified atom stereocenters. The summed E-state index contributed by atoms with van der Waals surface area (Å²) in [4.78, 5) is 0. The molecule has 0 bridgehead atoms. The summed E-state index contributed by atoms with van der Waals surface area (Å²) in [6.45, 7) is 5.22. The van der Waals surface area contributed by atoms with Crippen LogP contribution in [0.1, 0.15) is 32.3 Å². The summed E-state index contributed by atoms with van der Waals surface area (Å²) in [5.41, 5.74) is 1.07. The van der Waals surface area contributed by atoms with E-state index in [1.54, 1.807) is 12.1 Å². The van der Waals surface area contributed by atoms with Crippen LogP contribution in [0.5, 0.6) is 0 Å². The quantitative estimate of drug-likeness (QED) is 0.800. The van der Waals surface area contributed by atoms with Crippen molar-refractivity contribution in [2.45, 2.75) is 38.1 Å². The Bertz CT molecular complexity index is 342. The standard InChI is InChI=1S/C13H18FN/c1-13(2,9-15-12-6-7-12)10-4-3-5-11(14)8-10/h3-5,8,12,15H,6-7,9H2,1-2H3. The lowest BCUT2D eigenvalue weighted by atomic mass is 9.84. The summed E-state index contributed by atoms with van der Waals surface area (Å²) in [7, 11) is 0. The summed E-state index contributed by atoms with van der Waals surface area (Å²) in [6, 6.07) is 7.61. The molecule has 1 aromatic rings. The first-order valence-electron chi connectivity index (χ1n) is 5.57. The molecule has 1 fully saturated rings. The van der Waals surface area contributed by atoms with E-state index in [9.17, 15) is 4.39 Å². The first kappa shape index (κ1) is 10.6. The van der Waals surface area contributed by atoms with Gasteiger partial charge < -0.3 is 5.32 Å². The van der Waals surface area contributed by atoms with Crippen LogP contribution >= 0.6 is 0 Å². The molecule has 1 aliphatic carbocycles. The molecule has 2 rings (SSSR count). The number of hydrogen-bond acceptors (Lipinski definition) is 1. The average molecular weight is 207 g/mol. The van der Waals surface area contributed by atoms with Crippen LogP contribution < -0.4 is 5.32 Å². The zero-order valence-electron chi connectivity index (χ0n) is 9.39. The van der Waals surface area contributed by atoms with Gasteiger partial charge in [-0.1, -0.05) is 26.0 Å². The van der Waals surface area contributed by atoms with Gasteiger partial charge >= 0.3 is 0 Å². The Morgan fingerprint density at radius 2 is 2.13 bits per heavy atom. The lowest BCUT2D eigenvalue weighted by molar-refractivity contribution is 0.464. The Labute approximate surface area is 90.7 Å². The molecule has 82 valence electrons. The Morgan fingerprint density at radius 3 is 2.73 bits per heavy atom. The molecule has 2 heteroatoms. The third-order valence-electron chi connectivity index (χ3n) is 3.02. The molecule has 0 aliphatic heterocycles. The number of rotatable bonds is 4. The number of nitrogens with one attached hydrogen (secondary N) is 1. The molecular weight excluding hydrogens is 189 g/mol. The summed E-state index contributed by atoms with van der Waals surface area (Å²) >= 11 is 0. The smallest absolute Gasteiger partial charge is 0.123 e. The maximum Gasteiger partial charge on any atom is 0.123 e. The van der Waals surface area contributed by atoms with Crippen LogP contribution in [0.25, 0.3) is 0 Å². The lowest BCUT2D eigenvalue weighted by Crippen LogP contribution is -2.34. The van der Waals surface area contributed by atoms with Crippen LogP contribution in [0.2, 0.25) is 0 Å². The van der Waals surface area contributed by atoms with Gasteiger partial charge in [0, 0.05) is 18.0 Å². The molecule has 0 aromatic heterocycles. The fourth-order valence-corrected chi connectivity index (χ4v) is 1.70. The van der Waals surface area contributed by atoms with Gasteiger partial charge in [0.15, 0.2) is 0 Å². The van der Waals surface area contributed by atoms with Crippen molar-refractivity contribution in [2.75, 3.05) is 6.54 Å². The largest absolute Gasteiger partial charge is 0.313 e. The van der Waals surface area contributed by atoms with Crippen molar-refractivity contribution in [3.63, 3.8) is 0 Å². The highest BCUT2D eigenvalue weighted by Crippen LogP contribution is 2.25. The van der Waals surface area contributed by atoms with E-state index in [1.807, 2.05) is 6.07 Å². The highest BCUT2D eigenvalue weighted by atomic mass is 19.1. The Balaban J connectivity index is 2.05. The summed E-state index contributed by atoms with van der Waals surface area (Å²) < 4.78 is 13.1. The van der Waals surface area contributed by atoms with Gasteiger partial charge in [-0.3, -0.25) is 0 Å².